The highest BCUT2D eigenvalue weighted by molar-refractivity contribution is 9.10. The predicted octanol–water partition coefficient (Wildman–Crippen LogP) is 4.49. The second kappa shape index (κ2) is 6.86. The molecular weight excluding hydrogens is 334 g/mol. The van der Waals surface area contributed by atoms with E-state index in [-0.39, 0.29) is 5.91 Å². The van der Waals surface area contributed by atoms with Crippen LogP contribution in [0.4, 0.5) is 0 Å². The first-order chi connectivity index (χ1) is 9.58. The lowest BCUT2D eigenvalue weighted by Crippen LogP contribution is -2.23. The van der Waals surface area contributed by atoms with Crippen molar-refractivity contribution in [2.75, 3.05) is 7.05 Å². The van der Waals surface area contributed by atoms with Crippen LogP contribution in [0.2, 0.25) is 0 Å². The van der Waals surface area contributed by atoms with Crippen molar-refractivity contribution in [1.29, 1.82) is 0 Å². The molecule has 0 radical (unpaired) electrons. The molecule has 0 unspecified atom stereocenters. The van der Waals surface area contributed by atoms with Gasteiger partial charge in [-0.2, -0.15) is 0 Å². The van der Waals surface area contributed by atoms with Gasteiger partial charge in [-0.05, 0) is 41.6 Å². The van der Waals surface area contributed by atoms with Crippen molar-refractivity contribution in [3.05, 3.63) is 62.3 Å². The molecule has 0 saturated carbocycles. The highest BCUT2D eigenvalue weighted by atomic mass is 79.9. The number of hydrogen-bond donors (Lipinski definition) is 0. The molecule has 0 aliphatic carbocycles. The number of amides is 1. The van der Waals surface area contributed by atoms with Gasteiger partial charge in [0.25, 0.3) is 0 Å². The van der Waals surface area contributed by atoms with Crippen molar-refractivity contribution >= 4 is 39.2 Å². The van der Waals surface area contributed by atoms with Gasteiger partial charge in [0.1, 0.15) is 0 Å². The van der Waals surface area contributed by atoms with Gasteiger partial charge >= 0.3 is 0 Å². The van der Waals surface area contributed by atoms with E-state index in [4.69, 9.17) is 0 Å². The van der Waals surface area contributed by atoms with E-state index in [1.807, 2.05) is 37.4 Å². The molecule has 0 aliphatic heterocycles. The molecule has 0 bridgehead atoms. The number of carbonyl (C=O) groups excluding carboxylic acids is 1. The Morgan fingerprint density at radius 3 is 2.75 bits per heavy atom. The number of carbonyl (C=O) groups is 1. The largest absolute Gasteiger partial charge is 0.337 e. The minimum atomic E-state index is 0.00792. The lowest BCUT2D eigenvalue weighted by molar-refractivity contribution is -0.125. The second-order valence-corrected chi connectivity index (χ2v) is 6.43. The zero-order chi connectivity index (χ0) is 14.5. The van der Waals surface area contributed by atoms with Crippen molar-refractivity contribution in [3.8, 4) is 0 Å². The number of hydrogen-bond acceptors (Lipinski definition) is 2. The Morgan fingerprint density at radius 1 is 1.35 bits per heavy atom. The minimum Gasteiger partial charge on any atom is -0.337 e. The fourth-order valence-corrected chi connectivity index (χ4v) is 3.13. The number of likely N-dealkylation sites (N-methyl/N-ethyl adjacent to an activating group) is 1. The third-order valence-electron chi connectivity index (χ3n) is 3.04. The summed E-state index contributed by atoms with van der Waals surface area (Å²) in [5.74, 6) is 0.00792. The zero-order valence-electron chi connectivity index (χ0n) is 11.5. The average molecular weight is 350 g/mol. The summed E-state index contributed by atoms with van der Waals surface area (Å²) in [5, 5.41) is 2.06. The topological polar surface area (TPSA) is 20.3 Å². The Labute approximate surface area is 131 Å². The summed E-state index contributed by atoms with van der Waals surface area (Å²) in [4.78, 5) is 15.1. The van der Waals surface area contributed by atoms with Gasteiger partial charge in [-0.1, -0.05) is 34.1 Å². The van der Waals surface area contributed by atoms with Gasteiger partial charge in [0.15, 0.2) is 0 Å². The van der Waals surface area contributed by atoms with Gasteiger partial charge in [0, 0.05) is 22.5 Å². The van der Waals surface area contributed by atoms with Crippen LogP contribution in [-0.2, 0) is 11.3 Å². The Morgan fingerprint density at radius 2 is 2.10 bits per heavy atom. The molecule has 1 aromatic carbocycles. The van der Waals surface area contributed by atoms with Gasteiger partial charge in [-0.25, -0.2) is 0 Å². The maximum absolute atomic E-state index is 12.1. The minimum absolute atomic E-state index is 0.00792. The normalized spacial score (nSPS) is 10.9. The van der Waals surface area contributed by atoms with Crippen LogP contribution in [0.3, 0.4) is 0 Å². The highest BCUT2D eigenvalue weighted by Crippen LogP contribution is 2.19. The lowest BCUT2D eigenvalue weighted by Gasteiger charge is -2.14. The van der Waals surface area contributed by atoms with Crippen LogP contribution in [0.15, 0.2) is 46.3 Å². The first-order valence-corrected chi connectivity index (χ1v) is 7.96. The smallest absolute Gasteiger partial charge is 0.246 e. The van der Waals surface area contributed by atoms with Crippen LogP contribution in [0.25, 0.3) is 6.08 Å². The summed E-state index contributed by atoms with van der Waals surface area (Å²) in [7, 11) is 1.83. The Kier molecular flexibility index (Phi) is 5.15. The highest BCUT2D eigenvalue weighted by Gasteiger charge is 2.08. The first-order valence-electron chi connectivity index (χ1n) is 6.28. The number of rotatable bonds is 4. The molecule has 1 amide bonds. The van der Waals surface area contributed by atoms with E-state index in [9.17, 15) is 4.79 Å². The van der Waals surface area contributed by atoms with E-state index < -0.39 is 0 Å². The van der Waals surface area contributed by atoms with Crippen molar-refractivity contribution in [3.63, 3.8) is 0 Å². The molecular formula is C16H16BrNOS. The average Bonchev–Trinajstić information content (AvgIpc) is 2.83. The second-order valence-electron chi connectivity index (χ2n) is 4.58. The SMILES string of the molecule is Cc1ccsc1CN(C)C(=O)/C=C/c1ccccc1Br. The maximum atomic E-state index is 12.1. The summed E-state index contributed by atoms with van der Waals surface area (Å²) in [6, 6.07) is 9.91. The van der Waals surface area contributed by atoms with Crippen LogP contribution in [-0.4, -0.2) is 17.9 Å². The van der Waals surface area contributed by atoms with Crippen LogP contribution in [0, 0.1) is 6.92 Å². The van der Waals surface area contributed by atoms with Crippen molar-refractivity contribution < 1.29 is 4.79 Å². The standard InChI is InChI=1S/C16H16BrNOS/c1-12-9-10-20-15(12)11-18(2)16(19)8-7-13-5-3-4-6-14(13)17/h3-10H,11H2,1-2H3/b8-7+. The maximum Gasteiger partial charge on any atom is 0.246 e. The van der Waals surface area contributed by atoms with E-state index in [0.29, 0.717) is 6.54 Å². The fraction of sp³-hybridized carbons (Fsp3) is 0.188. The van der Waals surface area contributed by atoms with E-state index >= 15 is 0 Å². The molecule has 20 heavy (non-hydrogen) atoms. The monoisotopic (exact) mass is 349 g/mol. The van der Waals surface area contributed by atoms with Crippen LogP contribution in [0.5, 0.6) is 0 Å². The fourth-order valence-electron chi connectivity index (χ4n) is 1.76. The molecule has 1 heterocycles. The molecule has 2 rings (SSSR count). The zero-order valence-corrected chi connectivity index (χ0v) is 13.9. The van der Waals surface area contributed by atoms with Gasteiger partial charge in [0.2, 0.25) is 5.91 Å². The number of thiophene rings is 1. The van der Waals surface area contributed by atoms with Crippen molar-refractivity contribution in [2.45, 2.75) is 13.5 Å². The van der Waals surface area contributed by atoms with Crippen LogP contribution in [0.1, 0.15) is 16.0 Å². The third kappa shape index (κ3) is 3.81. The molecule has 2 nitrogen and oxygen atoms in total. The van der Waals surface area contributed by atoms with E-state index in [1.54, 1.807) is 22.3 Å². The van der Waals surface area contributed by atoms with Crippen LogP contribution < -0.4 is 0 Å². The van der Waals surface area contributed by atoms with Crippen LogP contribution >= 0.6 is 27.3 Å². The summed E-state index contributed by atoms with van der Waals surface area (Å²) >= 11 is 5.15. The molecule has 0 spiro atoms. The molecule has 0 aliphatic rings. The summed E-state index contributed by atoms with van der Waals surface area (Å²) in [6.07, 6.45) is 3.45. The number of halogens is 1. The van der Waals surface area contributed by atoms with Crippen molar-refractivity contribution in [1.82, 2.24) is 4.90 Å². The molecule has 1 aromatic heterocycles. The molecule has 0 saturated heterocycles. The predicted molar refractivity (Wildman–Crippen MR) is 88.7 cm³/mol. The lowest BCUT2D eigenvalue weighted by atomic mass is 10.2. The van der Waals surface area contributed by atoms with E-state index in [2.05, 4.69) is 34.3 Å². The Balaban J connectivity index is 2.01. The Bertz CT molecular complexity index is 633. The Hall–Kier alpha value is -1.39. The van der Waals surface area contributed by atoms with Gasteiger partial charge in [-0.3, -0.25) is 4.79 Å². The van der Waals surface area contributed by atoms with Gasteiger partial charge in [-0.15, -0.1) is 11.3 Å². The quantitative estimate of drug-likeness (QED) is 0.744. The summed E-state index contributed by atoms with van der Waals surface area (Å²) < 4.78 is 0.987. The van der Waals surface area contributed by atoms with E-state index in [0.717, 1.165) is 10.0 Å². The number of nitrogens with zero attached hydrogens (tertiary/aromatic N) is 1. The van der Waals surface area contributed by atoms with Gasteiger partial charge in [0.05, 0.1) is 6.54 Å². The van der Waals surface area contributed by atoms with E-state index in [1.165, 1.54) is 10.4 Å². The van der Waals surface area contributed by atoms with Crippen molar-refractivity contribution in [2.24, 2.45) is 0 Å². The first kappa shape index (κ1) is 15.0. The molecule has 2 aromatic rings. The molecule has 104 valence electrons. The summed E-state index contributed by atoms with van der Waals surface area (Å²) in [5.41, 5.74) is 2.24. The van der Waals surface area contributed by atoms with Gasteiger partial charge < -0.3 is 4.90 Å². The molecule has 0 atom stereocenters. The number of benzene rings is 1. The molecule has 4 heteroatoms. The molecule has 0 N–H and O–H groups in total. The molecule has 0 fully saturated rings. The summed E-state index contributed by atoms with van der Waals surface area (Å²) in [6.45, 7) is 2.73. The number of aryl methyl sites for hydroxylation is 1. The third-order valence-corrected chi connectivity index (χ3v) is 4.77.